The standard InChI is InChI=1S/C20H17BrF2N4O2/c1-25-11-14(10-24-25)13-8-16(22)18(17(23)9-13)20(28)26-5-6-27(29)19(26)12-3-2-4-15(21)7-12/h2-4,7-11,19,29H,5-6H2,1H3. The van der Waals surface area contributed by atoms with Crippen molar-refractivity contribution in [1.29, 1.82) is 0 Å². The van der Waals surface area contributed by atoms with Crippen LogP contribution in [0.5, 0.6) is 0 Å². The first-order chi connectivity index (χ1) is 13.8. The average Bonchev–Trinajstić information content (AvgIpc) is 3.26. The Bertz CT molecular complexity index is 1060. The quantitative estimate of drug-likeness (QED) is 0.639. The number of carbonyl (C=O) groups excluding carboxylic acids is 1. The van der Waals surface area contributed by atoms with E-state index < -0.39 is 29.3 Å². The minimum Gasteiger partial charge on any atom is -0.315 e. The van der Waals surface area contributed by atoms with Gasteiger partial charge >= 0.3 is 0 Å². The lowest BCUT2D eigenvalue weighted by atomic mass is 10.0. The molecule has 1 amide bonds. The Kier molecular flexibility index (Phi) is 5.20. The lowest BCUT2D eigenvalue weighted by Crippen LogP contribution is -2.35. The molecule has 0 spiro atoms. The van der Waals surface area contributed by atoms with Crippen molar-refractivity contribution in [3.63, 3.8) is 0 Å². The van der Waals surface area contributed by atoms with Gasteiger partial charge in [0, 0.05) is 36.4 Å². The van der Waals surface area contributed by atoms with E-state index in [1.165, 1.54) is 15.8 Å². The highest BCUT2D eigenvalue weighted by atomic mass is 79.9. The molecule has 1 unspecified atom stereocenters. The first-order valence-electron chi connectivity index (χ1n) is 8.85. The van der Waals surface area contributed by atoms with E-state index in [1.54, 1.807) is 31.4 Å². The van der Waals surface area contributed by atoms with Crippen LogP contribution in [0.1, 0.15) is 22.1 Å². The maximum atomic E-state index is 14.8. The van der Waals surface area contributed by atoms with Crippen molar-refractivity contribution in [2.24, 2.45) is 7.05 Å². The van der Waals surface area contributed by atoms with Crippen LogP contribution in [0.4, 0.5) is 8.78 Å². The maximum absolute atomic E-state index is 14.8. The number of benzene rings is 2. The van der Waals surface area contributed by atoms with Gasteiger partial charge in [0.15, 0.2) is 0 Å². The number of aryl methyl sites for hydroxylation is 1. The van der Waals surface area contributed by atoms with E-state index in [0.717, 1.165) is 21.7 Å². The van der Waals surface area contributed by atoms with Crippen LogP contribution < -0.4 is 0 Å². The zero-order valence-electron chi connectivity index (χ0n) is 15.4. The zero-order valence-corrected chi connectivity index (χ0v) is 17.0. The number of hydrogen-bond donors (Lipinski definition) is 1. The summed E-state index contributed by atoms with van der Waals surface area (Å²) in [6.07, 6.45) is 2.28. The van der Waals surface area contributed by atoms with Crippen LogP contribution in [0.25, 0.3) is 11.1 Å². The van der Waals surface area contributed by atoms with E-state index in [0.29, 0.717) is 16.7 Å². The molecule has 0 saturated carbocycles. The third-order valence-corrected chi connectivity index (χ3v) is 5.34. The van der Waals surface area contributed by atoms with Crippen molar-refractivity contribution in [2.75, 3.05) is 13.1 Å². The Hall–Kier alpha value is -2.62. The third-order valence-electron chi connectivity index (χ3n) is 4.85. The summed E-state index contributed by atoms with van der Waals surface area (Å²) in [5.41, 5.74) is 0.811. The lowest BCUT2D eigenvalue weighted by Gasteiger charge is -2.27. The van der Waals surface area contributed by atoms with Gasteiger partial charge in [0.25, 0.3) is 5.91 Å². The molecule has 1 fully saturated rings. The zero-order chi connectivity index (χ0) is 20.7. The highest BCUT2D eigenvalue weighted by molar-refractivity contribution is 9.10. The highest BCUT2D eigenvalue weighted by Crippen LogP contribution is 2.33. The first-order valence-corrected chi connectivity index (χ1v) is 9.64. The molecule has 150 valence electrons. The molecule has 2 aromatic carbocycles. The second kappa shape index (κ2) is 7.66. The van der Waals surface area contributed by atoms with Crippen LogP contribution in [0, 0.1) is 11.6 Å². The number of halogens is 3. The van der Waals surface area contributed by atoms with Gasteiger partial charge in [0.05, 0.1) is 6.20 Å². The summed E-state index contributed by atoms with van der Waals surface area (Å²) in [5.74, 6) is -2.74. The summed E-state index contributed by atoms with van der Waals surface area (Å²) in [5, 5.41) is 15.2. The van der Waals surface area contributed by atoms with Crippen molar-refractivity contribution < 1.29 is 18.8 Å². The molecule has 1 N–H and O–H groups in total. The van der Waals surface area contributed by atoms with Gasteiger partial charge in [-0.05, 0) is 35.4 Å². The van der Waals surface area contributed by atoms with Crippen LogP contribution in [-0.4, -0.2) is 43.9 Å². The summed E-state index contributed by atoms with van der Waals surface area (Å²) in [7, 11) is 1.70. The molecule has 1 aliphatic heterocycles. The highest BCUT2D eigenvalue weighted by Gasteiger charge is 2.38. The summed E-state index contributed by atoms with van der Waals surface area (Å²) >= 11 is 3.36. The smallest absolute Gasteiger partial charge is 0.261 e. The SMILES string of the molecule is Cn1cc(-c2cc(F)c(C(=O)N3CCN(O)C3c3cccc(Br)c3)c(F)c2)cn1. The van der Waals surface area contributed by atoms with Crippen LogP contribution in [0.3, 0.4) is 0 Å². The number of nitrogens with zero attached hydrogens (tertiary/aromatic N) is 4. The number of aromatic nitrogens is 2. The lowest BCUT2D eigenvalue weighted by molar-refractivity contribution is -0.122. The number of carbonyl (C=O) groups is 1. The molecule has 0 radical (unpaired) electrons. The van der Waals surface area contributed by atoms with Crippen molar-refractivity contribution >= 4 is 21.8 Å². The molecule has 1 saturated heterocycles. The molecule has 6 nitrogen and oxygen atoms in total. The Morgan fingerprint density at radius 3 is 2.52 bits per heavy atom. The third kappa shape index (κ3) is 3.68. The predicted molar refractivity (Wildman–Crippen MR) is 105 cm³/mol. The van der Waals surface area contributed by atoms with E-state index in [-0.39, 0.29) is 13.1 Å². The predicted octanol–water partition coefficient (Wildman–Crippen LogP) is 3.97. The van der Waals surface area contributed by atoms with Crippen LogP contribution in [0.15, 0.2) is 53.3 Å². The van der Waals surface area contributed by atoms with E-state index in [9.17, 15) is 18.8 Å². The van der Waals surface area contributed by atoms with Gasteiger partial charge in [0.1, 0.15) is 23.4 Å². The van der Waals surface area contributed by atoms with Crippen LogP contribution in [0.2, 0.25) is 0 Å². The Morgan fingerprint density at radius 2 is 1.90 bits per heavy atom. The number of hydrogen-bond acceptors (Lipinski definition) is 4. The Morgan fingerprint density at radius 1 is 1.17 bits per heavy atom. The molecule has 3 aromatic rings. The van der Waals surface area contributed by atoms with Crippen molar-refractivity contribution in [2.45, 2.75) is 6.17 Å². The molecule has 29 heavy (non-hydrogen) atoms. The molecular formula is C20H17BrF2N4O2. The summed E-state index contributed by atoms with van der Waals surface area (Å²) in [6, 6.07) is 9.30. The van der Waals surface area contributed by atoms with Gasteiger partial charge in [-0.3, -0.25) is 9.48 Å². The average molecular weight is 463 g/mol. The summed E-state index contributed by atoms with van der Waals surface area (Å²) in [4.78, 5) is 14.3. The van der Waals surface area contributed by atoms with E-state index >= 15 is 0 Å². The number of rotatable bonds is 3. The Labute approximate surface area is 174 Å². The minimum absolute atomic E-state index is 0.135. The largest absolute Gasteiger partial charge is 0.315 e. The fourth-order valence-electron chi connectivity index (χ4n) is 3.51. The van der Waals surface area contributed by atoms with Gasteiger partial charge in [-0.15, -0.1) is 0 Å². The molecule has 4 rings (SSSR count). The van der Waals surface area contributed by atoms with Crippen molar-refractivity contribution in [1.82, 2.24) is 19.7 Å². The second-order valence-corrected chi connectivity index (χ2v) is 7.72. The fraction of sp³-hybridized carbons (Fsp3) is 0.200. The number of amides is 1. The molecular weight excluding hydrogens is 446 g/mol. The van der Waals surface area contributed by atoms with Crippen LogP contribution in [-0.2, 0) is 7.05 Å². The normalized spacial score (nSPS) is 17.1. The van der Waals surface area contributed by atoms with E-state index in [4.69, 9.17) is 0 Å². The molecule has 1 aromatic heterocycles. The van der Waals surface area contributed by atoms with Gasteiger partial charge in [-0.25, -0.2) is 8.78 Å². The number of hydroxylamine groups is 2. The van der Waals surface area contributed by atoms with Crippen molar-refractivity contribution in [3.05, 3.63) is 76.0 Å². The topological polar surface area (TPSA) is 61.6 Å². The molecule has 0 aliphatic carbocycles. The maximum Gasteiger partial charge on any atom is 0.261 e. The molecule has 1 aliphatic rings. The van der Waals surface area contributed by atoms with Gasteiger partial charge in [-0.1, -0.05) is 28.1 Å². The van der Waals surface area contributed by atoms with Gasteiger partial charge < -0.3 is 10.1 Å². The second-order valence-electron chi connectivity index (χ2n) is 6.81. The minimum atomic E-state index is -0.960. The van der Waals surface area contributed by atoms with E-state index in [2.05, 4.69) is 21.0 Å². The van der Waals surface area contributed by atoms with E-state index in [1.807, 2.05) is 6.07 Å². The monoisotopic (exact) mass is 462 g/mol. The van der Waals surface area contributed by atoms with Gasteiger partial charge in [-0.2, -0.15) is 10.2 Å². The molecule has 1 atom stereocenters. The van der Waals surface area contributed by atoms with Crippen LogP contribution >= 0.6 is 15.9 Å². The fourth-order valence-corrected chi connectivity index (χ4v) is 3.92. The Balaban J connectivity index is 1.70. The van der Waals surface area contributed by atoms with Crippen molar-refractivity contribution in [3.8, 4) is 11.1 Å². The first kappa shape index (κ1) is 19.7. The molecule has 9 heteroatoms. The summed E-state index contributed by atoms with van der Waals surface area (Å²) < 4.78 is 31.9. The summed E-state index contributed by atoms with van der Waals surface area (Å²) in [6.45, 7) is 0.301. The molecule has 2 heterocycles. The molecule has 0 bridgehead atoms. The van der Waals surface area contributed by atoms with Gasteiger partial charge in [0.2, 0.25) is 0 Å².